The van der Waals surface area contributed by atoms with Gasteiger partial charge < -0.3 is 10.6 Å². The standard InChI is InChI=1S/C22H24N4O/c1-4-16(3)24-22(27)18-9-6-10-19(14-18)25-20-11-12-23-21(26-20)17-8-5-7-15(2)13-17/h5-14,16H,4H2,1-3H3,(H,24,27)(H,23,25,26). The van der Waals surface area contributed by atoms with E-state index in [0.717, 1.165) is 23.2 Å². The molecule has 27 heavy (non-hydrogen) atoms. The number of aryl methyl sites for hydroxylation is 1. The normalized spacial score (nSPS) is 11.7. The van der Waals surface area contributed by atoms with Gasteiger partial charge in [0.25, 0.3) is 5.91 Å². The first kappa shape index (κ1) is 18.6. The molecule has 5 nitrogen and oxygen atoms in total. The van der Waals surface area contributed by atoms with Gasteiger partial charge in [0.05, 0.1) is 0 Å². The number of benzene rings is 2. The van der Waals surface area contributed by atoms with E-state index in [9.17, 15) is 4.79 Å². The second-order valence-electron chi connectivity index (χ2n) is 6.62. The van der Waals surface area contributed by atoms with Crippen LogP contribution < -0.4 is 10.6 Å². The van der Waals surface area contributed by atoms with Crippen molar-refractivity contribution in [3.63, 3.8) is 0 Å². The highest BCUT2D eigenvalue weighted by Crippen LogP contribution is 2.20. The molecule has 0 aliphatic carbocycles. The summed E-state index contributed by atoms with van der Waals surface area (Å²) in [6.45, 7) is 6.08. The molecule has 0 spiro atoms. The van der Waals surface area contributed by atoms with E-state index in [4.69, 9.17) is 0 Å². The number of nitrogens with one attached hydrogen (secondary N) is 2. The van der Waals surface area contributed by atoms with Crippen LogP contribution in [0.5, 0.6) is 0 Å². The second kappa shape index (κ2) is 8.45. The van der Waals surface area contributed by atoms with Crippen LogP contribution in [0.15, 0.2) is 60.8 Å². The molecule has 2 N–H and O–H groups in total. The average Bonchev–Trinajstić information content (AvgIpc) is 2.68. The second-order valence-corrected chi connectivity index (χ2v) is 6.62. The van der Waals surface area contributed by atoms with Crippen LogP contribution in [0.1, 0.15) is 36.2 Å². The minimum Gasteiger partial charge on any atom is -0.350 e. The van der Waals surface area contributed by atoms with Crippen LogP contribution in [0.4, 0.5) is 11.5 Å². The fraction of sp³-hybridized carbons (Fsp3) is 0.227. The van der Waals surface area contributed by atoms with Gasteiger partial charge in [0.1, 0.15) is 5.82 Å². The van der Waals surface area contributed by atoms with Crippen molar-refractivity contribution in [2.45, 2.75) is 33.2 Å². The number of rotatable bonds is 6. The first-order valence-corrected chi connectivity index (χ1v) is 9.13. The zero-order valence-corrected chi connectivity index (χ0v) is 15.9. The van der Waals surface area contributed by atoms with Gasteiger partial charge in [-0.1, -0.05) is 36.8 Å². The summed E-state index contributed by atoms with van der Waals surface area (Å²) in [4.78, 5) is 21.3. The van der Waals surface area contributed by atoms with E-state index < -0.39 is 0 Å². The van der Waals surface area contributed by atoms with Gasteiger partial charge in [-0.15, -0.1) is 0 Å². The van der Waals surface area contributed by atoms with Gasteiger partial charge >= 0.3 is 0 Å². The van der Waals surface area contributed by atoms with Crippen LogP contribution in [-0.2, 0) is 0 Å². The summed E-state index contributed by atoms with van der Waals surface area (Å²) in [6.07, 6.45) is 2.62. The monoisotopic (exact) mass is 360 g/mol. The van der Waals surface area contributed by atoms with Crippen LogP contribution >= 0.6 is 0 Å². The number of aromatic nitrogens is 2. The van der Waals surface area contributed by atoms with E-state index in [1.807, 2.05) is 63.2 Å². The summed E-state index contributed by atoms with van der Waals surface area (Å²) < 4.78 is 0. The zero-order chi connectivity index (χ0) is 19.2. The molecule has 1 aromatic heterocycles. The fourth-order valence-electron chi connectivity index (χ4n) is 2.65. The Balaban J connectivity index is 1.79. The Morgan fingerprint density at radius 1 is 1.11 bits per heavy atom. The van der Waals surface area contributed by atoms with Crippen LogP contribution in [0, 0.1) is 6.92 Å². The first-order valence-electron chi connectivity index (χ1n) is 9.13. The molecule has 0 aliphatic heterocycles. The van der Waals surface area contributed by atoms with Crippen molar-refractivity contribution >= 4 is 17.4 Å². The molecule has 1 heterocycles. The van der Waals surface area contributed by atoms with E-state index in [-0.39, 0.29) is 11.9 Å². The molecule has 3 rings (SSSR count). The molecule has 3 aromatic rings. The Hall–Kier alpha value is -3.21. The molecule has 1 atom stereocenters. The lowest BCUT2D eigenvalue weighted by molar-refractivity contribution is 0.0939. The Morgan fingerprint density at radius 2 is 1.93 bits per heavy atom. The SMILES string of the molecule is CCC(C)NC(=O)c1cccc(Nc2ccnc(-c3cccc(C)c3)n2)c1. The lowest BCUT2D eigenvalue weighted by Crippen LogP contribution is -2.31. The van der Waals surface area contributed by atoms with Crippen molar-refractivity contribution in [2.75, 3.05) is 5.32 Å². The summed E-state index contributed by atoms with van der Waals surface area (Å²) in [5, 5.41) is 6.24. The molecule has 0 radical (unpaired) electrons. The van der Waals surface area contributed by atoms with Crippen LogP contribution in [0.3, 0.4) is 0 Å². The summed E-state index contributed by atoms with van der Waals surface area (Å²) in [5.74, 6) is 1.27. The van der Waals surface area contributed by atoms with Crippen LogP contribution in [-0.4, -0.2) is 21.9 Å². The first-order chi connectivity index (χ1) is 13.0. The van der Waals surface area contributed by atoms with Crippen LogP contribution in [0.2, 0.25) is 0 Å². The number of nitrogens with zero attached hydrogens (tertiary/aromatic N) is 2. The third-order valence-corrected chi connectivity index (χ3v) is 4.32. The summed E-state index contributed by atoms with van der Waals surface area (Å²) >= 11 is 0. The molecule has 0 fully saturated rings. The third-order valence-electron chi connectivity index (χ3n) is 4.32. The van der Waals surface area contributed by atoms with Crippen molar-refractivity contribution in [3.8, 4) is 11.4 Å². The molecular formula is C22H24N4O. The highest BCUT2D eigenvalue weighted by atomic mass is 16.1. The molecule has 0 aliphatic rings. The Labute approximate surface area is 159 Å². The number of anilines is 2. The van der Waals surface area contributed by atoms with Gasteiger partial charge in [-0.25, -0.2) is 9.97 Å². The van der Waals surface area contributed by atoms with Crippen molar-refractivity contribution in [1.82, 2.24) is 15.3 Å². The maximum atomic E-state index is 12.3. The topological polar surface area (TPSA) is 66.9 Å². The van der Waals surface area contributed by atoms with Crippen molar-refractivity contribution in [3.05, 3.63) is 71.9 Å². The van der Waals surface area contributed by atoms with Gasteiger partial charge in [0.15, 0.2) is 5.82 Å². The number of hydrogen-bond acceptors (Lipinski definition) is 4. The molecular weight excluding hydrogens is 336 g/mol. The highest BCUT2D eigenvalue weighted by Gasteiger charge is 2.09. The summed E-state index contributed by atoms with van der Waals surface area (Å²) in [6, 6.07) is 17.4. The predicted octanol–water partition coefficient (Wildman–Crippen LogP) is 4.72. The molecule has 1 amide bonds. The third kappa shape index (κ3) is 4.91. The smallest absolute Gasteiger partial charge is 0.251 e. The number of carbonyl (C=O) groups excluding carboxylic acids is 1. The quantitative estimate of drug-likeness (QED) is 0.667. The van der Waals surface area contributed by atoms with E-state index in [1.165, 1.54) is 0 Å². The fourth-order valence-corrected chi connectivity index (χ4v) is 2.65. The Bertz CT molecular complexity index is 939. The maximum absolute atomic E-state index is 12.3. The van der Waals surface area contributed by atoms with Gasteiger partial charge in [-0.2, -0.15) is 0 Å². The van der Waals surface area contributed by atoms with Crippen molar-refractivity contribution < 1.29 is 4.79 Å². The molecule has 138 valence electrons. The predicted molar refractivity (Wildman–Crippen MR) is 109 cm³/mol. The van der Waals surface area contributed by atoms with Gasteiger partial charge in [0, 0.05) is 29.1 Å². The van der Waals surface area contributed by atoms with E-state index >= 15 is 0 Å². The van der Waals surface area contributed by atoms with E-state index in [0.29, 0.717) is 17.2 Å². The van der Waals surface area contributed by atoms with Crippen molar-refractivity contribution in [2.24, 2.45) is 0 Å². The molecule has 1 unspecified atom stereocenters. The summed E-state index contributed by atoms with van der Waals surface area (Å²) in [5.41, 5.74) is 3.56. The molecule has 2 aromatic carbocycles. The number of carbonyl (C=O) groups is 1. The van der Waals surface area contributed by atoms with E-state index in [2.05, 4.69) is 26.7 Å². The summed E-state index contributed by atoms with van der Waals surface area (Å²) in [7, 11) is 0. The lowest BCUT2D eigenvalue weighted by Gasteiger charge is -2.12. The lowest BCUT2D eigenvalue weighted by atomic mass is 10.1. The average molecular weight is 360 g/mol. The Morgan fingerprint density at radius 3 is 2.70 bits per heavy atom. The van der Waals surface area contributed by atoms with Gasteiger partial charge in [-0.05, 0) is 50.6 Å². The minimum atomic E-state index is -0.0730. The number of amides is 1. The van der Waals surface area contributed by atoms with Gasteiger partial charge in [0.2, 0.25) is 0 Å². The highest BCUT2D eigenvalue weighted by molar-refractivity contribution is 5.95. The Kier molecular flexibility index (Phi) is 5.81. The molecule has 0 saturated carbocycles. The molecule has 0 saturated heterocycles. The molecule has 5 heteroatoms. The largest absolute Gasteiger partial charge is 0.350 e. The number of hydrogen-bond donors (Lipinski definition) is 2. The maximum Gasteiger partial charge on any atom is 0.251 e. The van der Waals surface area contributed by atoms with Crippen molar-refractivity contribution in [1.29, 1.82) is 0 Å². The zero-order valence-electron chi connectivity index (χ0n) is 15.9. The molecule has 0 bridgehead atoms. The minimum absolute atomic E-state index is 0.0730. The van der Waals surface area contributed by atoms with Crippen LogP contribution in [0.25, 0.3) is 11.4 Å². The van der Waals surface area contributed by atoms with Gasteiger partial charge in [-0.3, -0.25) is 4.79 Å². The van der Waals surface area contributed by atoms with E-state index in [1.54, 1.807) is 12.3 Å².